The van der Waals surface area contributed by atoms with Crippen LogP contribution in [0.3, 0.4) is 0 Å². The Bertz CT molecular complexity index is 381. The summed E-state index contributed by atoms with van der Waals surface area (Å²) in [4.78, 5) is 14.6. The van der Waals surface area contributed by atoms with E-state index in [1.807, 2.05) is 6.07 Å². The normalized spacial score (nSPS) is 11.5. The van der Waals surface area contributed by atoms with Crippen molar-refractivity contribution in [2.24, 2.45) is 0 Å². The monoisotopic (exact) mass is 205 g/mol. The highest BCUT2D eigenvalue weighted by molar-refractivity contribution is 5.76. The summed E-state index contributed by atoms with van der Waals surface area (Å²) in [5.74, 6) is -0.452. The number of hydrogen-bond acceptors (Lipinski definition) is 4. The van der Waals surface area contributed by atoms with Crippen molar-refractivity contribution in [3.63, 3.8) is 0 Å². The molecule has 0 saturated carbocycles. The number of anilines is 1. The van der Waals surface area contributed by atoms with Crippen molar-refractivity contribution in [2.75, 3.05) is 5.32 Å². The molecule has 0 aliphatic rings. The molecule has 0 fully saturated rings. The zero-order valence-electron chi connectivity index (χ0n) is 8.27. The molecule has 0 aromatic carbocycles. The molecule has 1 unspecified atom stereocenters. The molecule has 0 saturated heterocycles. The minimum atomic E-state index is -0.913. The van der Waals surface area contributed by atoms with Gasteiger partial charge < -0.3 is 10.4 Å². The summed E-state index contributed by atoms with van der Waals surface area (Å²) in [7, 11) is 0. The van der Waals surface area contributed by atoms with Crippen molar-refractivity contribution in [1.82, 2.24) is 4.98 Å². The van der Waals surface area contributed by atoms with Crippen LogP contribution >= 0.6 is 0 Å². The maximum absolute atomic E-state index is 10.7. The van der Waals surface area contributed by atoms with Gasteiger partial charge in [0.15, 0.2) is 0 Å². The van der Waals surface area contributed by atoms with E-state index in [0.29, 0.717) is 17.8 Å². The highest BCUT2D eigenvalue weighted by Gasteiger charge is 2.14. The highest BCUT2D eigenvalue weighted by Crippen LogP contribution is 2.07. The Morgan fingerprint density at radius 1 is 1.73 bits per heavy atom. The van der Waals surface area contributed by atoms with Crippen molar-refractivity contribution in [3.8, 4) is 6.07 Å². The summed E-state index contributed by atoms with van der Waals surface area (Å²) in [5, 5.41) is 20.1. The summed E-state index contributed by atoms with van der Waals surface area (Å²) in [6.07, 6.45) is 1.87. The number of aliphatic carboxylic acids is 1. The van der Waals surface area contributed by atoms with E-state index in [1.165, 1.54) is 6.20 Å². The van der Waals surface area contributed by atoms with Gasteiger partial charge in [-0.15, -0.1) is 0 Å². The first kappa shape index (κ1) is 11.0. The molecule has 0 aliphatic heterocycles. The third-order valence-corrected chi connectivity index (χ3v) is 1.92. The van der Waals surface area contributed by atoms with Gasteiger partial charge in [0.25, 0.3) is 0 Å². The van der Waals surface area contributed by atoms with E-state index in [0.717, 1.165) is 0 Å². The van der Waals surface area contributed by atoms with Gasteiger partial charge in [-0.05, 0) is 18.6 Å². The zero-order chi connectivity index (χ0) is 11.3. The molecular formula is C10H11N3O2. The topological polar surface area (TPSA) is 86.0 Å². The molecule has 1 atom stereocenters. The number of nitrogens with one attached hydrogen (secondary N) is 1. The van der Waals surface area contributed by atoms with Gasteiger partial charge >= 0.3 is 5.97 Å². The summed E-state index contributed by atoms with van der Waals surface area (Å²) in [5.41, 5.74) is 0.448. The highest BCUT2D eigenvalue weighted by atomic mass is 16.4. The molecule has 5 heteroatoms. The van der Waals surface area contributed by atoms with Gasteiger partial charge in [0, 0.05) is 6.20 Å². The Hall–Kier alpha value is -2.09. The largest absolute Gasteiger partial charge is 0.480 e. The van der Waals surface area contributed by atoms with Crippen molar-refractivity contribution in [2.45, 2.75) is 19.4 Å². The van der Waals surface area contributed by atoms with E-state index < -0.39 is 12.0 Å². The number of carboxylic acids is 1. The number of rotatable bonds is 4. The van der Waals surface area contributed by atoms with Gasteiger partial charge in [-0.25, -0.2) is 9.78 Å². The Morgan fingerprint density at radius 2 is 2.47 bits per heavy atom. The first-order valence-electron chi connectivity index (χ1n) is 4.53. The standard InChI is InChI=1S/C10H11N3O2/c1-2-8(10(14)15)13-9-4-3-7(5-11)6-12-9/h3-4,6,8H,2H2,1H3,(H,12,13)(H,14,15). The van der Waals surface area contributed by atoms with E-state index in [-0.39, 0.29) is 0 Å². The fourth-order valence-electron chi connectivity index (χ4n) is 1.06. The fraction of sp³-hybridized carbons (Fsp3) is 0.300. The molecule has 2 N–H and O–H groups in total. The quantitative estimate of drug-likeness (QED) is 0.772. The SMILES string of the molecule is CCC(Nc1ccc(C#N)cn1)C(=O)O. The van der Waals surface area contributed by atoms with E-state index in [9.17, 15) is 4.79 Å². The van der Waals surface area contributed by atoms with Crippen molar-refractivity contribution < 1.29 is 9.90 Å². The molecule has 15 heavy (non-hydrogen) atoms. The Labute approximate surface area is 87.4 Å². The van der Waals surface area contributed by atoms with Gasteiger partial charge in [-0.3, -0.25) is 0 Å². The second-order valence-electron chi connectivity index (χ2n) is 2.99. The number of nitrogens with zero attached hydrogens (tertiary/aromatic N) is 2. The number of pyridine rings is 1. The maximum atomic E-state index is 10.7. The van der Waals surface area contributed by atoms with Crippen LogP contribution in [0.5, 0.6) is 0 Å². The number of carbonyl (C=O) groups is 1. The molecule has 1 aromatic heterocycles. The second-order valence-corrected chi connectivity index (χ2v) is 2.99. The molecule has 1 aromatic rings. The minimum Gasteiger partial charge on any atom is -0.480 e. The molecule has 78 valence electrons. The lowest BCUT2D eigenvalue weighted by Crippen LogP contribution is -2.28. The van der Waals surface area contributed by atoms with Gasteiger partial charge in [0.05, 0.1) is 5.56 Å². The van der Waals surface area contributed by atoms with E-state index in [4.69, 9.17) is 10.4 Å². The summed E-state index contributed by atoms with van der Waals surface area (Å²) >= 11 is 0. The second kappa shape index (κ2) is 4.96. The average molecular weight is 205 g/mol. The zero-order valence-corrected chi connectivity index (χ0v) is 8.27. The van der Waals surface area contributed by atoms with Gasteiger partial charge in [0.1, 0.15) is 17.9 Å². The Balaban J connectivity index is 2.72. The lowest BCUT2D eigenvalue weighted by Gasteiger charge is -2.12. The molecule has 1 rings (SSSR count). The van der Waals surface area contributed by atoms with Gasteiger partial charge in [0.2, 0.25) is 0 Å². The van der Waals surface area contributed by atoms with E-state index in [2.05, 4.69) is 10.3 Å². The minimum absolute atomic E-state index is 0.448. The number of hydrogen-bond donors (Lipinski definition) is 2. The number of nitriles is 1. The van der Waals surface area contributed by atoms with Crippen LogP contribution in [0.25, 0.3) is 0 Å². The van der Waals surface area contributed by atoms with Crippen molar-refractivity contribution in [1.29, 1.82) is 5.26 Å². The Morgan fingerprint density at radius 3 is 2.87 bits per heavy atom. The average Bonchev–Trinajstić information content (AvgIpc) is 2.26. The first-order valence-corrected chi connectivity index (χ1v) is 4.53. The lowest BCUT2D eigenvalue weighted by atomic mass is 10.2. The molecule has 0 aliphatic carbocycles. The summed E-state index contributed by atoms with van der Waals surface area (Å²) in [6.45, 7) is 1.77. The van der Waals surface area contributed by atoms with Crippen LogP contribution in [0.15, 0.2) is 18.3 Å². The van der Waals surface area contributed by atoms with E-state index in [1.54, 1.807) is 19.1 Å². The Kier molecular flexibility index (Phi) is 3.63. The fourth-order valence-corrected chi connectivity index (χ4v) is 1.06. The van der Waals surface area contributed by atoms with Crippen molar-refractivity contribution >= 4 is 11.8 Å². The smallest absolute Gasteiger partial charge is 0.326 e. The molecule has 0 radical (unpaired) electrons. The van der Waals surface area contributed by atoms with E-state index >= 15 is 0 Å². The van der Waals surface area contributed by atoms with Crippen LogP contribution in [-0.2, 0) is 4.79 Å². The third-order valence-electron chi connectivity index (χ3n) is 1.92. The first-order chi connectivity index (χ1) is 7.17. The number of aromatic nitrogens is 1. The lowest BCUT2D eigenvalue weighted by molar-refractivity contribution is -0.137. The molecule has 0 spiro atoms. The molecule has 0 amide bonds. The third kappa shape index (κ3) is 2.95. The van der Waals surface area contributed by atoms with Crippen molar-refractivity contribution in [3.05, 3.63) is 23.9 Å². The molecular weight excluding hydrogens is 194 g/mol. The van der Waals surface area contributed by atoms with Crippen LogP contribution in [0.4, 0.5) is 5.82 Å². The number of carboxylic acid groups (broad SMARTS) is 1. The summed E-state index contributed by atoms with van der Waals surface area (Å²) < 4.78 is 0. The van der Waals surface area contributed by atoms with Crippen LogP contribution in [0.1, 0.15) is 18.9 Å². The summed E-state index contributed by atoms with van der Waals surface area (Å²) in [6, 6.07) is 4.46. The predicted octanol–water partition coefficient (Wildman–Crippen LogP) is 1.23. The van der Waals surface area contributed by atoms with Gasteiger partial charge in [-0.2, -0.15) is 5.26 Å². The van der Waals surface area contributed by atoms with Crippen LogP contribution in [0.2, 0.25) is 0 Å². The predicted molar refractivity (Wildman–Crippen MR) is 54.3 cm³/mol. The molecule has 1 heterocycles. The van der Waals surface area contributed by atoms with Crippen LogP contribution in [-0.4, -0.2) is 22.1 Å². The van der Waals surface area contributed by atoms with Gasteiger partial charge in [-0.1, -0.05) is 6.92 Å². The molecule has 5 nitrogen and oxygen atoms in total. The molecule has 0 bridgehead atoms. The maximum Gasteiger partial charge on any atom is 0.326 e. The van der Waals surface area contributed by atoms with Crippen LogP contribution < -0.4 is 5.32 Å². The van der Waals surface area contributed by atoms with Crippen LogP contribution in [0, 0.1) is 11.3 Å².